The highest BCUT2D eigenvalue weighted by atomic mass is 19.1. The lowest BCUT2D eigenvalue weighted by molar-refractivity contribution is -0.121. The van der Waals surface area contributed by atoms with E-state index in [2.05, 4.69) is 0 Å². The standard InChI is InChI=1S/C10H8FN3O2/c11-6-3-9-8(4-7(6)13)14(2-1-12)10(15)5-16-9/h3-4H,2,5,13H2. The molecule has 0 aliphatic carbocycles. The number of nitrogen functional groups attached to an aromatic ring is 1. The molecule has 1 aliphatic rings. The van der Waals surface area contributed by atoms with Crippen LogP contribution in [0.4, 0.5) is 15.8 Å². The summed E-state index contributed by atoms with van der Waals surface area (Å²) in [5, 5.41) is 8.60. The van der Waals surface area contributed by atoms with Gasteiger partial charge >= 0.3 is 0 Å². The second-order valence-electron chi connectivity index (χ2n) is 3.27. The molecule has 0 atom stereocenters. The number of carbonyl (C=O) groups is 1. The number of nitrogens with two attached hydrogens (primary N) is 1. The van der Waals surface area contributed by atoms with Crippen molar-refractivity contribution < 1.29 is 13.9 Å². The van der Waals surface area contributed by atoms with Crippen LogP contribution in [0.3, 0.4) is 0 Å². The van der Waals surface area contributed by atoms with Crippen molar-refractivity contribution in [3.05, 3.63) is 17.9 Å². The molecule has 0 unspecified atom stereocenters. The zero-order valence-electron chi connectivity index (χ0n) is 8.24. The Morgan fingerprint density at radius 3 is 3.06 bits per heavy atom. The van der Waals surface area contributed by atoms with Gasteiger partial charge in [0.2, 0.25) is 0 Å². The van der Waals surface area contributed by atoms with Crippen molar-refractivity contribution in [1.29, 1.82) is 5.26 Å². The molecule has 0 fully saturated rings. The van der Waals surface area contributed by atoms with Crippen molar-refractivity contribution >= 4 is 17.3 Å². The summed E-state index contributed by atoms with van der Waals surface area (Å²) in [6, 6.07) is 4.26. The maximum Gasteiger partial charge on any atom is 0.265 e. The van der Waals surface area contributed by atoms with Crippen LogP contribution in [0.1, 0.15) is 0 Å². The molecule has 0 saturated carbocycles. The van der Waals surface area contributed by atoms with Crippen LogP contribution in [-0.2, 0) is 4.79 Å². The van der Waals surface area contributed by atoms with E-state index in [9.17, 15) is 9.18 Å². The molecule has 1 heterocycles. The summed E-state index contributed by atoms with van der Waals surface area (Å²) in [7, 11) is 0. The molecule has 0 saturated heterocycles. The number of rotatable bonds is 1. The lowest BCUT2D eigenvalue weighted by Crippen LogP contribution is -2.39. The van der Waals surface area contributed by atoms with Gasteiger partial charge in [-0.1, -0.05) is 0 Å². The van der Waals surface area contributed by atoms with Gasteiger partial charge < -0.3 is 10.5 Å². The molecule has 1 aromatic rings. The molecule has 6 heteroatoms. The topological polar surface area (TPSA) is 79.3 Å². The normalized spacial score (nSPS) is 14.0. The molecule has 0 aromatic heterocycles. The summed E-state index contributed by atoms with van der Waals surface area (Å²) in [4.78, 5) is 12.7. The van der Waals surface area contributed by atoms with Gasteiger partial charge in [-0.25, -0.2) is 4.39 Å². The van der Waals surface area contributed by atoms with Crippen molar-refractivity contribution in [3.63, 3.8) is 0 Å². The maximum atomic E-state index is 13.1. The predicted octanol–water partition coefficient (Wildman–Crippen LogP) is 0.657. The van der Waals surface area contributed by atoms with E-state index < -0.39 is 5.82 Å². The average Bonchev–Trinajstić information content (AvgIpc) is 2.25. The van der Waals surface area contributed by atoms with Gasteiger partial charge in [0.15, 0.2) is 6.61 Å². The fourth-order valence-corrected chi connectivity index (χ4v) is 1.48. The molecule has 0 spiro atoms. The van der Waals surface area contributed by atoms with Crippen LogP contribution in [0.25, 0.3) is 0 Å². The number of halogens is 1. The summed E-state index contributed by atoms with van der Waals surface area (Å²) in [5.41, 5.74) is 5.64. The molecular weight excluding hydrogens is 213 g/mol. The summed E-state index contributed by atoms with van der Waals surface area (Å²) < 4.78 is 18.2. The number of carbonyl (C=O) groups excluding carboxylic acids is 1. The van der Waals surface area contributed by atoms with Crippen molar-refractivity contribution in [2.45, 2.75) is 0 Å². The summed E-state index contributed by atoms with van der Waals surface area (Å²) >= 11 is 0. The van der Waals surface area contributed by atoms with E-state index in [1.807, 2.05) is 6.07 Å². The average molecular weight is 221 g/mol. The van der Waals surface area contributed by atoms with Gasteiger partial charge in [-0.15, -0.1) is 0 Å². The van der Waals surface area contributed by atoms with Crippen molar-refractivity contribution in [3.8, 4) is 11.8 Å². The summed E-state index contributed by atoms with van der Waals surface area (Å²) in [6.07, 6.45) is 0. The Kier molecular flexibility index (Phi) is 2.37. The van der Waals surface area contributed by atoms with Crippen molar-refractivity contribution in [2.24, 2.45) is 0 Å². The van der Waals surface area contributed by atoms with E-state index in [1.54, 1.807) is 0 Å². The molecule has 2 rings (SSSR count). The van der Waals surface area contributed by atoms with Crippen LogP contribution < -0.4 is 15.4 Å². The van der Waals surface area contributed by atoms with E-state index in [0.717, 1.165) is 6.07 Å². The number of anilines is 2. The van der Waals surface area contributed by atoms with Gasteiger partial charge in [-0.05, 0) is 6.07 Å². The number of nitriles is 1. The fourth-order valence-electron chi connectivity index (χ4n) is 1.48. The van der Waals surface area contributed by atoms with E-state index >= 15 is 0 Å². The van der Waals surface area contributed by atoms with E-state index in [0.29, 0.717) is 5.69 Å². The van der Waals surface area contributed by atoms with Crippen molar-refractivity contribution in [1.82, 2.24) is 0 Å². The van der Waals surface area contributed by atoms with Gasteiger partial charge in [-0.3, -0.25) is 9.69 Å². The van der Waals surface area contributed by atoms with Gasteiger partial charge in [0.05, 0.1) is 17.4 Å². The lowest BCUT2D eigenvalue weighted by Gasteiger charge is -2.27. The molecule has 0 bridgehead atoms. The fraction of sp³-hybridized carbons (Fsp3) is 0.200. The van der Waals surface area contributed by atoms with Crippen LogP contribution >= 0.6 is 0 Å². The molecule has 16 heavy (non-hydrogen) atoms. The van der Waals surface area contributed by atoms with Crippen LogP contribution in [0.15, 0.2) is 12.1 Å². The molecule has 2 N–H and O–H groups in total. The highest BCUT2D eigenvalue weighted by molar-refractivity contribution is 5.98. The van der Waals surface area contributed by atoms with Crippen LogP contribution in [0.2, 0.25) is 0 Å². The first kappa shape index (κ1) is 10.2. The number of amides is 1. The molecular formula is C10H8FN3O2. The summed E-state index contributed by atoms with van der Waals surface area (Å²) in [5.74, 6) is -0.730. The predicted molar refractivity (Wildman–Crippen MR) is 54.3 cm³/mol. The molecule has 5 nitrogen and oxygen atoms in total. The first-order chi connectivity index (χ1) is 7.63. The third-order valence-corrected chi connectivity index (χ3v) is 2.25. The number of ether oxygens (including phenoxy) is 1. The van der Waals surface area contributed by atoms with Crippen LogP contribution in [-0.4, -0.2) is 19.1 Å². The Bertz CT molecular complexity index is 496. The minimum Gasteiger partial charge on any atom is -0.481 e. The van der Waals surface area contributed by atoms with E-state index in [-0.39, 0.29) is 30.5 Å². The number of fused-ring (bicyclic) bond motifs is 1. The smallest absolute Gasteiger partial charge is 0.265 e. The van der Waals surface area contributed by atoms with Gasteiger partial charge in [-0.2, -0.15) is 5.26 Å². The molecule has 1 aliphatic heterocycles. The molecule has 1 aromatic carbocycles. The maximum absolute atomic E-state index is 13.1. The Hall–Kier alpha value is -2.29. The Balaban J connectivity index is 2.51. The van der Waals surface area contributed by atoms with E-state index in [4.69, 9.17) is 15.7 Å². The van der Waals surface area contributed by atoms with E-state index in [1.165, 1.54) is 11.0 Å². The minimum absolute atomic E-state index is 0.0833. The lowest BCUT2D eigenvalue weighted by atomic mass is 10.2. The van der Waals surface area contributed by atoms with Crippen molar-refractivity contribution in [2.75, 3.05) is 23.8 Å². The molecule has 1 amide bonds. The van der Waals surface area contributed by atoms with Gasteiger partial charge in [0.25, 0.3) is 5.91 Å². The number of hydrogen-bond donors (Lipinski definition) is 1. The van der Waals surface area contributed by atoms with Gasteiger partial charge in [0, 0.05) is 6.07 Å². The Morgan fingerprint density at radius 2 is 2.38 bits per heavy atom. The van der Waals surface area contributed by atoms with Crippen LogP contribution in [0.5, 0.6) is 5.75 Å². The SMILES string of the molecule is N#CCN1C(=O)COc2cc(F)c(N)cc21. The van der Waals surface area contributed by atoms with Crippen LogP contribution in [0, 0.1) is 17.1 Å². The quantitative estimate of drug-likeness (QED) is 0.558. The third-order valence-electron chi connectivity index (χ3n) is 2.25. The second kappa shape index (κ2) is 3.70. The first-order valence-corrected chi connectivity index (χ1v) is 4.52. The molecule has 0 radical (unpaired) electrons. The zero-order chi connectivity index (χ0) is 11.7. The highest BCUT2D eigenvalue weighted by Gasteiger charge is 2.26. The largest absolute Gasteiger partial charge is 0.481 e. The molecule has 82 valence electrons. The number of nitrogens with zero attached hydrogens (tertiary/aromatic N) is 2. The summed E-state index contributed by atoms with van der Waals surface area (Å²) in [6.45, 7) is -0.307. The van der Waals surface area contributed by atoms with Gasteiger partial charge in [0.1, 0.15) is 18.1 Å². The monoisotopic (exact) mass is 221 g/mol. The highest BCUT2D eigenvalue weighted by Crippen LogP contribution is 2.35. The Labute approximate surface area is 90.8 Å². The Morgan fingerprint density at radius 1 is 1.62 bits per heavy atom. The minimum atomic E-state index is -0.606. The third kappa shape index (κ3) is 1.52. The zero-order valence-corrected chi connectivity index (χ0v) is 8.24. The second-order valence-corrected chi connectivity index (χ2v) is 3.27. The first-order valence-electron chi connectivity index (χ1n) is 4.52. The number of benzene rings is 1. The number of hydrogen-bond acceptors (Lipinski definition) is 4.